The van der Waals surface area contributed by atoms with E-state index < -0.39 is 5.97 Å². The molecule has 6 heteroatoms. The van der Waals surface area contributed by atoms with Gasteiger partial charge in [-0.15, -0.1) is 0 Å². The summed E-state index contributed by atoms with van der Waals surface area (Å²) in [6, 6.07) is -0.379. The molecule has 0 aliphatic carbocycles. The molecule has 0 aromatic rings. The van der Waals surface area contributed by atoms with Crippen LogP contribution in [0, 0.1) is 0 Å². The van der Waals surface area contributed by atoms with Crippen LogP contribution in [0.15, 0.2) is 0 Å². The van der Waals surface area contributed by atoms with Crippen LogP contribution in [0.5, 0.6) is 0 Å². The summed E-state index contributed by atoms with van der Waals surface area (Å²) in [6.07, 6.45) is 0.510. The van der Waals surface area contributed by atoms with Gasteiger partial charge in [0.25, 0.3) is 0 Å². The maximum absolute atomic E-state index is 11.3. The van der Waals surface area contributed by atoms with Crippen molar-refractivity contribution in [1.29, 1.82) is 0 Å². The molecule has 0 aromatic carbocycles. The molecule has 0 saturated heterocycles. The molecule has 0 aromatic heterocycles. The fourth-order valence-electron chi connectivity index (χ4n) is 1.08. The molecule has 0 rings (SSSR count). The number of carbonyl (C=O) groups is 2. The van der Waals surface area contributed by atoms with E-state index in [1.807, 2.05) is 19.0 Å². The molecule has 0 bridgehead atoms. The molecule has 16 heavy (non-hydrogen) atoms. The predicted octanol–water partition coefficient (Wildman–Crippen LogP) is 0.101. The molecule has 0 fully saturated rings. The highest BCUT2D eigenvalue weighted by molar-refractivity contribution is 5.74. The molecule has 0 saturated carbocycles. The first kappa shape index (κ1) is 14.7. The largest absolute Gasteiger partial charge is 0.481 e. The van der Waals surface area contributed by atoms with E-state index in [0.29, 0.717) is 13.0 Å². The fraction of sp³-hybridized carbons (Fsp3) is 0.800. The van der Waals surface area contributed by atoms with Crippen LogP contribution in [0.3, 0.4) is 0 Å². The van der Waals surface area contributed by atoms with E-state index in [4.69, 9.17) is 5.11 Å². The molecule has 94 valence electrons. The zero-order valence-electron chi connectivity index (χ0n) is 10.1. The van der Waals surface area contributed by atoms with E-state index in [9.17, 15) is 9.59 Å². The second-order valence-electron chi connectivity index (χ2n) is 4.04. The number of urea groups is 1. The minimum absolute atomic E-state index is 0.0686. The number of likely N-dealkylation sites (N-methyl/N-ethyl adjacent to an activating group) is 1. The third kappa shape index (κ3) is 9.26. The van der Waals surface area contributed by atoms with E-state index in [2.05, 4.69) is 10.6 Å². The van der Waals surface area contributed by atoms with Crippen molar-refractivity contribution in [2.45, 2.75) is 25.8 Å². The molecule has 0 heterocycles. The van der Waals surface area contributed by atoms with Gasteiger partial charge in [0.1, 0.15) is 0 Å². The minimum Gasteiger partial charge on any atom is -0.481 e. The molecule has 6 nitrogen and oxygen atoms in total. The first-order valence-electron chi connectivity index (χ1n) is 5.32. The normalized spacial score (nSPS) is 12.2. The topological polar surface area (TPSA) is 81.7 Å². The van der Waals surface area contributed by atoms with Crippen LogP contribution in [0.2, 0.25) is 0 Å². The fourth-order valence-corrected chi connectivity index (χ4v) is 1.08. The Kier molecular flexibility index (Phi) is 7.28. The Morgan fingerprint density at radius 2 is 2.00 bits per heavy atom. The predicted molar refractivity (Wildman–Crippen MR) is 61.4 cm³/mol. The highest BCUT2D eigenvalue weighted by atomic mass is 16.4. The number of aliphatic carboxylic acids is 1. The van der Waals surface area contributed by atoms with Gasteiger partial charge in [0.05, 0.1) is 0 Å². The number of amides is 2. The number of carboxylic acid groups (broad SMARTS) is 1. The van der Waals surface area contributed by atoms with Crippen molar-refractivity contribution in [3.8, 4) is 0 Å². The standard InChI is InChI=1S/C10H21N3O3/c1-8(4-5-9(14)15)12-10(16)11-6-7-13(2)3/h8H,4-7H2,1-3H3,(H,14,15)(H2,11,12,16). The van der Waals surface area contributed by atoms with E-state index >= 15 is 0 Å². The lowest BCUT2D eigenvalue weighted by molar-refractivity contribution is -0.137. The average molecular weight is 231 g/mol. The van der Waals surface area contributed by atoms with Crippen LogP contribution >= 0.6 is 0 Å². The third-order valence-corrected chi connectivity index (χ3v) is 2.01. The van der Waals surface area contributed by atoms with Crippen LogP contribution in [-0.4, -0.2) is 55.2 Å². The lowest BCUT2D eigenvalue weighted by atomic mass is 10.2. The zero-order valence-corrected chi connectivity index (χ0v) is 10.1. The molecule has 1 atom stereocenters. The smallest absolute Gasteiger partial charge is 0.315 e. The van der Waals surface area contributed by atoms with Gasteiger partial charge < -0.3 is 20.6 Å². The van der Waals surface area contributed by atoms with Gasteiger partial charge in [-0.1, -0.05) is 0 Å². The van der Waals surface area contributed by atoms with Crippen LogP contribution < -0.4 is 10.6 Å². The number of rotatable bonds is 7. The molecule has 1 unspecified atom stereocenters. The van der Waals surface area contributed by atoms with Crippen molar-refractivity contribution >= 4 is 12.0 Å². The molecule has 0 spiro atoms. The molecular formula is C10H21N3O3. The Hall–Kier alpha value is -1.30. The molecule has 0 radical (unpaired) electrons. The van der Waals surface area contributed by atoms with Crippen molar-refractivity contribution in [2.24, 2.45) is 0 Å². The summed E-state index contributed by atoms with van der Waals surface area (Å²) < 4.78 is 0. The lowest BCUT2D eigenvalue weighted by Gasteiger charge is -2.15. The Balaban J connectivity index is 3.58. The second kappa shape index (κ2) is 7.92. The number of nitrogens with one attached hydrogen (secondary N) is 2. The second-order valence-corrected chi connectivity index (χ2v) is 4.04. The number of hydrogen-bond acceptors (Lipinski definition) is 3. The lowest BCUT2D eigenvalue weighted by Crippen LogP contribution is -2.43. The number of carboxylic acids is 1. The maximum Gasteiger partial charge on any atom is 0.315 e. The Labute approximate surface area is 96.0 Å². The van der Waals surface area contributed by atoms with Gasteiger partial charge in [-0.3, -0.25) is 4.79 Å². The summed E-state index contributed by atoms with van der Waals surface area (Å²) in [5.74, 6) is -0.846. The van der Waals surface area contributed by atoms with E-state index in [1.165, 1.54) is 0 Å². The number of hydrogen-bond donors (Lipinski definition) is 3. The highest BCUT2D eigenvalue weighted by Crippen LogP contribution is 1.95. The number of carbonyl (C=O) groups excluding carboxylic acids is 1. The first-order valence-corrected chi connectivity index (χ1v) is 5.32. The number of nitrogens with zero attached hydrogens (tertiary/aromatic N) is 1. The van der Waals surface area contributed by atoms with Gasteiger partial charge in [-0.05, 0) is 27.4 Å². The average Bonchev–Trinajstić information content (AvgIpc) is 2.14. The van der Waals surface area contributed by atoms with Crippen LogP contribution in [0.25, 0.3) is 0 Å². The van der Waals surface area contributed by atoms with Gasteiger partial charge in [-0.25, -0.2) is 4.79 Å². The summed E-state index contributed by atoms with van der Waals surface area (Å²) in [4.78, 5) is 23.6. The quantitative estimate of drug-likeness (QED) is 0.580. The van der Waals surface area contributed by atoms with Gasteiger partial charge in [-0.2, -0.15) is 0 Å². The minimum atomic E-state index is -0.846. The molecule has 0 aliphatic rings. The van der Waals surface area contributed by atoms with Gasteiger partial charge in [0.2, 0.25) is 0 Å². The molecular weight excluding hydrogens is 210 g/mol. The Morgan fingerprint density at radius 3 is 2.50 bits per heavy atom. The van der Waals surface area contributed by atoms with Crippen LogP contribution in [-0.2, 0) is 4.79 Å². The summed E-state index contributed by atoms with van der Waals surface area (Å²) in [5, 5.41) is 13.8. The van der Waals surface area contributed by atoms with Crippen molar-refractivity contribution in [3.63, 3.8) is 0 Å². The van der Waals surface area contributed by atoms with Gasteiger partial charge in [0.15, 0.2) is 0 Å². The zero-order chi connectivity index (χ0) is 12.6. The van der Waals surface area contributed by atoms with Crippen LogP contribution in [0.4, 0.5) is 4.79 Å². The van der Waals surface area contributed by atoms with E-state index in [-0.39, 0.29) is 18.5 Å². The van der Waals surface area contributed by atoms with Crippen molar-refractivity contribution in [3.05, 3.63) is 0 Å². The highest BCUT2D eigenvalue weighted by Gasteiger charge is 2.08. The summed E-state index contributed by atoms with van der Waals surface area (Å²) in [5.41, 5.74) is 0. The molecule has 0 aliphatic heterocycles. The van der Waals surface area contributed by atoms with Crippen molar-refractivity contribution in [2.75, 3.05) is 27.2 Å². The van der Waals surface area contributed by atoms with Gasteiger partial charge >= 0.3 is 12.0 Å². The van der Waals surface area contributed by atoms with Crippen LogP contribution in [0.1, 0.15) is 19.8 Å². The Bertz CT molecular complexity index is 231. The van der Waals surface area contributed by atoms with E-state index in [0.717, 1.165) is 6.54 Å². The van der Waals surface area contributed by atoms with Gasteiger partial charge in [0, 0.05) is 25.6 Å². The van der Waals surface area contributed by atoms with E-state index in [1.54, 1.807) is 6.92 Å². The summed E-state index contributed by atoms with van der Waals surface area (Å²) >= 11 is 0. The first-order chi connectivity index (χ1) is 7.41. The van der Waals surface area contributed by atoms with Crippen molar-refractivity contribution in [1.82, 2.24) is 15.5 Å². The molecule has 3 N–H and O–H groups in total. The summed E-state index contributed by atoms with van der Waals surface area (Å²) in [7, 11) is 3.85. The summed E-state index contributed by atoms with van der Waals surface area (Å²) in [6.45, 7) is 3.13. The monoisotopic (exact) mass is 231 g/mol. The Morgan fingerprint density at radius 1 is 1.38 bits per heavy atom. The molecule has 2 amide bonds. The third-order valence-electron chi connectivity index (χ3n) is 2.01. The van der Waals surface area contributed by atoms with Crippen molar-refractivity contribution < 1.29 is 14.7 Å². The SMILES string of the molecule is CC(CCC(=O)O)NC(=O)NCCN(C)C. The maximum atomic E-state index is 11.3.